The van der Waals surface area contributed by atoms with Crippen LogP contribution in [0.4, 0.5) is 5.69 Å². The second-order valence-corrected chi connectivity index (χ2v) is 6.29. The fourth-order valence-electron chi connectivity index (χ4n) is 2.91. The fourth-order valence-corrected chi connectivity index (χ4v) is 2.91. The number of anilines is 1. The average Bonchev–Trinajstić information content (AvgIpc) is 3.01. The number of methoxy groups -OCH3 is 1. The minimum Gasteiger partial charge on any atom is -0.495 e. The molecule has 128 valence electrons. The molecule has 1 heterocycles. The molecule has 2 N–H and O–H groups in total. The third kappa shape index (κ3) is 5.05. The van der Waals surface area contributed by atoms with E-state index in [4.69, 9.17) is 9.73 Å². The monoisotopic (exact) mass is 318 g/mol. The van der Waals surface area contributed by atoms with Crippen molar-refractivity contribution in [2.45, 2.75) is 33.2 Å². The van der Waals surface area contributed by atoms with Gasteiger partial charge in [0.15, 0.2) is 5.96 Å². The van der Waals surface area contributed by atoms with E-state index < -0.39 is 0 Å². The maximum absolute atomic E-state index is 5.48. The lowest BCUT2D eigenvalue weighted by molar-refractivity contribution is 0.414. The van der Waals surface area contributed by atoms with Crippen molar-refractivity contribution < 1.29 is 4.74 Å². The molecule has 5 nitrogen and oxygen atoms in total. The first kappa shape index (κ1) is 17.4. The topological polar surface area (TPSA) is 48.9 Å². The molecule has 23 heavy (non-hydrogen) atoms. The van der Waals surface area contributed by atoms with Gasteiger partial charge in [0, 0.05) is 32.2 Å². The number of rotatable bonds is 6. The summed E-state index contributed by atoms with van der Waals surface area (Å²) < 4.78 is 5.48. The molecule has 0 spiro atoms. The Hall–Kier alpha value is -1.91. The average molecular weight is 318 g/mol. The summed E-state index contributed by atoms with van der Waals surface area (Å²) in [7, 11) is 1.73. The van der Waals surface area contributed by atoms with Crippen molar-refractivity contribution in [1.29, 1.82) is 0 Å². The molecule has 2 rings (SSSR count). The van der Waals surface area contributed by atoms with Gasteiger partial charge in [-0.05, 0) is 45.2 Å². The van der Waals surface area contributed by atoms with Crippen LogP contribution in [0.5, 0.6) is 5.75 Å². The first-order valence-electron chi connectivity index (χ1n) is 8.56. The number of nitrogens with one attached hydrogen (secondary N) is 2. The van der Waals surface area contributed by atoms with Crippen LogP contribution in [-0.4, -0.2) is 45.3 Å². The Bertz CT molecular complexity index is 515. The number of para-hydroxylation sites is 2. The van der Waals surface area contributed by atoms with Gasteiger partial charge in [0.25, 0.3) is 0 Å². The lowest BCUT2D eigenvalue weighted by Gasteiger charge is -2.21. The van der Waals surface area contributed by atoms with Crippen molar-refractivity contribution in [1.82, 2.24) is 10.6 Å². The Morgan fingerprint density at radius 2 is 2.17 bits per heavy atom. The van der Waals surface area contributed by atoms with Crippen LogP contribution < -0.4 is 20.3 Å². The highest BCUT2D eigenvalue weighted by atomic mass is 16.5. The molecule has 1 aromatic rings. The van der Waals surface area contributed by atoms with E-state index in [-0.39, 0.29) is 0 Å². The predicted molar refractivity (Wildman–Crippen MR) is 97.6 cm³/mol. The van der Waals surface area contributed by atoms with E-state index in [0.717, 1.165) is 37.9 Å². The van der Waals surface area contributed by atoms with Crippen LogP contribution in [0.1, 0.15) is 27.2 Å². The highest BCUT2D eigenvalue weighted by molar-refractivity contribution is 5.80. The van der Waals surface area contributed by atoms with Crippen LogP contribution in [0.3, 0.4) is 0 Å². The number of guanidine groups is 1. The molecule has 1 aliphatic heterocycles. The summed E-state index contributed by atoms with van der Waals surface area (Å²) in [6.07, 6.45) is 1.17. The second kappa shape index (κ2) is 8.65. The Morgan fingerprint density at radius 1 is 1.39 bits per heavy atom. The second-order valence-electron chi connectivity index (χ2n) is 6.29. The van der Waals surface area contributed by atoms with Gasteiger partial charge in [-0.3, -0.25) is 4.99 Å². The zero-order valence-electron chi connectivity index (χ0n) is 14.8. The minimum atomic E-state index is 0.390. The summed E-state index contributed by atoms with van der Waals surface area (Å²) in [6, 6.07) is 8.63. The van der Waals surface area contributed by atoms with Gasteiger partial charge in [0.2, 0.25) is 0 Å². The van der Waals surface area contributed by atoms with Crippen LogP contribution in [0.25, 0.3) is 0 Å². The smallest absolute Gasteiger partial charge is 0.191 e. The van der Waals surface area contributed by atoms with Gasteiger partial charge in [0.05, 0.1) is 12.8 Å². The van der Waals surface area contributed by atoms with Gasteiger partial charge < -0.3 is 20.3 Å². The van der Waals surface area contributed by atoms with Crippen molar-refractivity contribution >= 4 is 11.6 Å². The highest BCUT2D eigenvalue weighted by Gasteiger charge is 2.24. The zero-order chi connectivity index (χ0) is 16.7. The van der Waals surface area contributed by atoms with Crippen LogP contribution in [0.15, 0.2) is 29.3 Å². The standard InChI is InChI=1S/C18H30N4O/c1-5-19-18(21-14(2)3)20-12-15-10-11-22(13-15)16-8-6-7-9-17(16)23-4/h6-9,14-15H,5,10-13H2,1-4H3,(H2,19,20,21). The molecule has 0 radical (unpaired) electrons. The molecule has 0 saturated carbocycles. The summed E-state index contributed by atoms with van der Waals surface area (Å²) in [4.78, 5) is 7.15. The number of hydrogen-bond donors (Lipinski definition) is 2. The maximum Gasteiger partial charge on any atom is 0.191 e. The van der Waals surface area contributed by atoms with Crippen molar-refractivity contribution in [3.63, 3.8) is 0 Å². The van der Waals surface area contributed by atoms with Crippen LogP contribution in [0, 0.1) is 5.92 Å². The van der Waals surface area contributed by atoms with Gasteiger partial charge >= 0.3 is 0 Å². The molecular formula is C18H30N4O. The van der Waals surface area contributed by atoms with E-state index in [1.807, 2.05) is 12.1 Å². The molecule has 1 unspecified atom stereocenters. The predicted octanol–water partition coefficient (Wildman–Crippen LogP) is 2.49. The number of aliphatic imine (C=N–C) groups is 1. The van der Waals surface area contributed by atoms with Crippen LogP contribution in [0.2, 0.25) is 0 Å². The maximum atomic E-state index is 5.48. The zero-order valence-corrected chi connectivity index (χ0v) is 14.8. The lowest BCUT2D eigenvalue weighted by atomic mass is 10.1. The summed E-state index contributed by atoms with van der Waals surface area (Å²) in [6.45, 7) is 10.2. The molecule has 1 atom stereocenters. The third-order valence-corrected chi connectivity index (χ3v) is 3.99. The molecule has 5 heteroatoms. The van der Waals surface area contributed by atoms with Gasteiger partial charge in [0.1, 0.15) is 5.75 Å². The number of benzene rings is 1. The summed E-state index contributed by atoms with van der Waals surface area (Å²) in [5.41, 5.74) is 1.19. The number of hydrogen-bond acceptors (Lipinski definition) is 3. The molecule has 0 amide bonds. The first-order valence-corrected chi connectivity index (χ1v) is 8.56. The van der Waals surface area contributed by atoms with Crippen LogP contribution >= 0.6 is 0 Å². The van der Waals surface area contributed by atoms with E-state index in [1.54, 1.807) is 7.11 Å². The van der Waals surface area contributed by atoms with Crippen LogP contribution in [-0.2, 0) is 0 Å². The molecule has 0 bridgehead atoms. The SMILES string of the molecule is CCNC(=NCC1CCN(c2ccccc2OC)C1)NC(C)C. The summed E-state index contributed by atoms with van der Waals surface area (Å²) >= 11 is 0. The minimum absolute atomic E-state index is 0.390. The molecule has 1 aliphatic rings. The Morgan fingerprint density at radius 3 is 2.87 bits per heavy atom. The van der Waals surface area contributed by atoms with E-state index in [1.165, 1.54) is 12.1 Å². The number of ether oxygens (including phenoxy) is 1. The van der Waals surface area contributed by atoms with Crippen molar-refractivity contribution in [3.05, 3.63) is 24.3 Å². The normalized spacial score (nSPS) is 18.4. The lowest BCUT2D eigenvalue weighted by Crippen LogP contribution is -2.41. The Balaban J connectivity index is 1.94. The molecule has 1 aromatic carbocycles. The molecule has 1 fully saturated rings. The molecular weight excluding hydrogens is 288 g/mol. The third-order valence-electron chi connectivity index (χ3n) is 3.99. The van der Waals surface area contributed by atoms with Gasteiger partial charge in [-0.15, -0.1) is 0 Å². The van der Waals surface area contributed by atoms with E-state index in [0.29, 0.717) is 12.0 Å². The van der Waals surface area contributed by atoms with E-state index in [2.05, 4.69) is 48.4 Å². The molecule has 0 aromatic heterocycles. The fraction of sp³-hybridized carbons (Fsp3) is 0.611. The largest absolute Gasteiger partial charge is 0.495 e. The Kier molecular flexibility index (Phi) is 6.56. The summed E-state index contributed by atoms with van der Waals surface area (Å²) in [5, 5.41) is 6.68. The van der Waals surface area contributed by atoms with Crippen molar-refractivity contribution in [3.8, 4) is 5.75 Å². The van der Waals surface area contributed by atoms with E-state index in [9.17, 15) is 0 Å². The quantitative estimate of drug-likeness (QED) is 0.625. The van der Waals surface area contributed by atoms with Crippen molar-refractivity contribution in [2.24, 2.45) is 10.9 Å². The summed E-state index contributed by atoms with van der Waals surface area (Å²) in [5.74, 6) is 2.45. The van der Waals surface area contributed by atoms with Gasteiger partial charge in [-0.25, -0.2) is 0 Å². The van der Waals surface area contributed by atoms with E-state index >= 15 is 0 Å². The van der Waals surface area contributed by atoms with Gasteiger partial charge in [-0.1, -0.05) is 12.1 Å². The number of nitrogens with zero attached hydrogens (tertiary/aromatic N) is 2. The molecule has 0 aliphatic carbocycles. The molecule has 1 saturated heterocycles. The Labute approximate surface area is 140 Å². The first-order chi connectivity index (χ1) is 11.1. The van der Waals surface area contributed by atoms with Gasteiger partial charge in [-0.2, -0.15) is 0 Å². The highest BCUT2D eigenvalue weighted by Crippen LogP contribution is 2.31. The van der Waals surface area contributed by atoms with Crippen molar-refractivity contribution in [2.75, 3.05) is 38.2 Å².